The lowest BCUT2D eigenvalue weighted by atomic mass is 9.54. The molecule has 4 rings (SSSR count). The van der Waals surface area contributed by atoms with Crippen LogP contribution in [0.2, 0.25) is 39.3 Å². The summed E-state index contributed by atoms with van der Waals surface area (Å²) in [5, 5.41) is 11.3. The topological polar surface area (TPSA) is 38.7 Å². The van der Waals surface area contributed by atoms with Gasteiger partial charge in [-0.15, -0.1) is 0 Å². The lowest BCUT2D eigenvalue weighted by Gasteiger charge is -2.52. The van der Waals surface area contributed by atoms with Crippen molar-refractivity contribution in [2.45, 2.75) is 96.4 Å². The molecule has 0 unspecified atom stereocenters. The van der Waals surface area contributed by atoms with Crippen molar-refractivity contribution in [2.24, 2.45) is 17.3 Å². The van der Waals surface area contributed by atoms with Gasteiger partial charge in [0, 0.05) is 0 Å². The summed E-state index contributed by atoms with van der Waals surface area (Å²) in [6.07, 6.45) is 5.65. The predicted molar refractivity (Wildman–Crippen MR) is 125 cm³/mol. The normalized spacial score (nSPS) is 36.9. The molecule has 0 aliphatic heterocycles. The smallest absolute Gasteiger partial charge is 0.242 e. The highest BCUT2D eigenvalue weighted by Gasteiger charge is 2.57. The van der Waals surface area contributed by atoms with Crippen LogP contribution in [0.3, 0.4) is 0 Å². The first-order chi connectivity index (χ1) is 13.4. The lowest BCUT2D eigenvalue weighted by molar-refractivity contribution is -0.0579. The third-order valence-electron chi connectivity index (χ3n) is 7.55. The van der Waals surface area contributed by atoms with Crippen LogP contribution in [0.5, 0.6) is 5.75 Å². The molecule has 1 aromatic carbocycles. The maximum Gasteiger partial charge on any atom is 0.242 e. The lowest BCUT2D eigenvalue weighted by Crippen LogP contribution is -2.50. The van der Waals surface area contributed by atoms with Gasteiger partial charge in [0.2, 0.25) is 8.32 Å². The van der Waals surface area contributed by atoms with E-state index in [-0.39, 0.29) is 11.5 Å². The Bertz CT molecular complexity index is 766. The van der Waals surface area contributed by atoms with Crippen molar-refractivity contribution < 1.29 is 14.0 Å². The number of aliphatic hydroxyl groups excluding tert-OH is 1. The molecule has 5 heteroatoms. The number of hydrogen-bond donors (Lipinski definition) is 1. The summed E-state index contributed by atoms with van der Waals surface area (Å²) in [6.45, 7) is 16.0. The first-order valence-electron chi connectivity index (χ1n) is 11.6. The zero-order valence-corrected chi connectivity index (χ0v) is 21.4. The third-order valence-corrected chi connectivity index (χ3v) is 9.39. The van der Waals surface area contributed by atoms with Crippen molar-refractivity contribution in [1.82, 2.24) is 0 Å². The van der Waals surface area contributed by atoms with Crippen molar-refractivity contribution in [3.05, 3.63) is 29.3 Å². The molecule has 0 radical (unpaired) electrons. The molecule has 0 saturated heterocycles. The highest BCUT2D eigenvalue weighted by molar-refractivity contribution is 6.70. The molecule has 6 atom stereocenters. The van der Waals surface area contributed by atoms with E-state index in [2.05, 4.69) is 64.4 Å². The highest BCUT2D eigenvalue weighted by atomic mass is 28.4. The van der Waals surface area contributed by atoms with Crippen molar-refractivity contribution in [2.75, 3.05) is 0 Å². The van der Waals surface area contributed by atoms with Gasteiger partial charge in [-0.05, 0) is 118 Å². The van der Waals surface area contributed by atoms with E-state index in [1.807, 2.05) is 0 Å². The van der Waals surface area contributed by atoms with Gasteiger partial charge in [-0.3, -0.25) is 0 Å². The van der Waals surface area contributed by atoms with Gasteiger partial charge >= 0.3 is 0 Å². The van der Waals surface area contributed by atoms with Crippen LogP contribution in [-0.2, 0) is 10.8 Å². The molecule has 3 nitrogen and oxygen atoms in total. The van der Waals surface area contributed by atoms with E-state index in [9.17, 15) is 5.11 Å². The molecule has 0 spiro atoms. The van der Waals surface area contributed by atoms with Gasteiger partial charge in [0.15, 0.2) is 8.32 Å². The van der Waals surface area contributed by atoms with E-state index < -0.39 is 16.6 Å². The summed E-state index contributed by atoms with van der Waals surface area (Å²) in [5.41, 5.74) is 3.01. The second-order valence-electron chi connectivity index (χ2n) is 12.0. The van der Waals surface area contributed by atoms with Crippen LogP contribution >= 0.6 is 0 Å². The maximum atomic E-state index is 11.3. The van der Waals surface area contributed by atoms with Crippen molar-refractivity contribution in [1.29, 1.82) is 0 Å². The van der Waals surface area contributed by atoms with Crippen LogP contribution in [0.25, 0.3) is 0 Å². The van der Waals surface area contributed by atoms with Crippen LogP contribution in [0.15, 0.2) is 18.2 Å². The molecule has 1 N–H and O–H groups in total. The molecule has 162 valence electrons. The molecule has 0 amide bonds. The van der Waals surface area contributed by atoms with Crippen LogP contribution < -0.4 is 4.43 Å². The Morgan fingerprint density at radius 1 is 1.00 bits per heavy atom. The minimum atomic E-state index is -1.62. The van der Waals surface area contributed by atoms with Crippen LogP contribution in [0.4, 0.5) is 0 Å². The summed E-state index contributed by atoms with van der Waals surface area (Å²) in [6, 6.07) is 6.69. The van der Waals surface area contributed by atoms with Crippen molar-refractivity contribution >= 4 is 16.6 Å². The molecular weight excluding hydrogens is 392 g/mol. The van der Waals surface area contributed by atoms with E-state index in [1.54, 1.807) is 0 Å². The zero-order chi connectivity index (χ0) is 21.2. The second-order valence-corrected chi connectivity index (χ2v) is 20.9. The zero-order valence-electron chi connectivity index (χ0n) is 19.4. The summed E-state index contributed by atoms with van der Waals surface area (Å²) in [5.74, 6) is 2.42. The van der Waals surface area contributed by atoms with Gasteiger partial charge in [0.05, 0.1) is 12.2 Å². The summed E-state index contributed by atoms with van der Waals surface area (Å²) < 4.78 is 12.9. The Hall–Kier alpha value is -0.626. The Kier molecular flexibility index (Phi) is 5.37. The Morgan fingerprint density at radius 2 is 1.72 bits per heavy atom. The third kappa shape index (κ3) is 4.12. The number of fused-ring (bicyclic) bond motifs is 5. The van der Waals surface area contributed by atoms with Crippen molar-refractivity contribution in [3.8, 4) is 5.75 Å². The van der Waals surface area contributed by atoms with Crippen LogP contribution in [-0.4, -0.2) is 33.9 Å². The van der Waals surface area contributed by atoms with Gasteiger partial charge in [-0.1, -0.05) is 13.0 Å². The molecule has 0 bridgehead atoms. The van der Waals surface area contributed by atoms with Crippen LogP contribution in [0, 0.1) is 17.3 Å². The van der Waals surface area contributed by atoms with Gasteiger partial charge in [0.1, 0.15) is 5.75 Å². The fraction of sp³-hybridized carbons (Fsp3) is 0.750. The maximum absolute atomic E-state index is 11.3. The molecule has 0 aromatic heterocycles. The number of benzene rings is 1. The molecular formula is C24H40O3Si2. The summed E-state index contributed by atoms with van der Waals surface area (Å²) in [7, 11) is -3.19. The van der Waals surface area contributed by atoms with E-state index in [1.165, 1.54) is 30.4 Å². The van der Waals surface area contributed by atoms with Gasteiger partial charge in [-0.2, -0.15) is 0 Å². The molecule has 2 fully saturated rings. The molecule has 3 aliphatic carbocycles. The molecule has 2 saturated carbocycles. The highest BCUT2D eigenvalue weighted by Crippen LogP contribution is 2.61. The first-order valence-corrected chi connectivity index (χ1v) is 18.4. The SMILES string of the molecule is C[C@]12CC[C@@H]3c4ccc(O[Si](C)(C)C)cc4C[C@@H](O)[C@H]3[C@@H]1CC[C@@H]2O[Si](C)(C)C. The van der Waals surface area contributed by atoms with E-state index in [0.717, 1.165) is 18.6 Å². The first kappa shape index (κ1) is 21.6. The summed E-state index contributed by atoms with van der Waals surface area (Å²) in [4.78, 5) is 0. The van der Waals surface area contributed by atoms with E-state index >= 15 is 0 Å². The number of aliphatic hydroxyl groups is 1. The van der Waals surface area contributed by atoms with E-state index in [0.29, 0.717) is 23.9 Å². The Labute approximate surface area is 179 Å². The average Bonchev–Trinajstić information content (AvgIpc) is 2.88. The predicted octanol–water partition coefficient (Wildman–Crippen LogP) is 5.95. The van der Waals surface area contributed by atoms with Crippen LogP contribution in [0.1, 0.15) is 49.7 Å². The fourth-order valence-corrected chi connectivity index (χ4v) is 8.64. The quantitative estimate of drug-likeness (QED) is 0.598. The molecule has 29 heavy (non-hydrogen) atoms. The molecule has 3 aliphatic rings. The van der Waals surface area contributed by atoms with Gasteiger partial charge in [-0.25, -0.2) is 0 Å². The standard InChI is InChI=1S/C24H40O3Si2/c1-24-13-12-19-18-9-8-17(26-28(2,3)4)14-16(18)15-21(25)23(19)20(24)10-11-22(24)27-29(5,6)7/h8-9,14,19-23,25H,10-13,15H2,1-7H3/t19-,20+,21-,22+,23-,24+/m1/s1. The number of rotatable bonds is 4. The molecule has 0 heterocycles. The van der Waals surface area contributed by atoms with Gasteiger partial charge < -0.3 is 14.0 Å². The average molecular weight is 433 g/mol. The summed E-state index contributed by atoms with van der Waals surface area (Å²) >= 11 is 0. The largest absolute Gasteiger partial charge is 0.544 e. The monoisotopic (exact) mass is 432 g/mol. The Balaban J connectivity index is 1.61. The van der Waals surface area contributed by atoms with E-state index in [4.69, 9.17) is 8.85 Å². The minimum absolute atomic E-state index is 0.223. The fourth-order valence-electron chi connectivity index (χ4n) is 6.57. The minimum Gasteiger partial charge on any atom is -0.544 e. The number of hydrogen-bond acceptors (Lipinski definition) is 3. The Morgan fingerprint density at radius 3 is 2.38 bits per heavy atom. The second kappa shape index (κ2) is 7.21. The van der Waals surface area contributed by atoms with Gasteiger partial charge in [0.25, 0.3) is 0 Å². The molecule has 1 aromatic rings. The van der Waals surface area contributed by atoms with Crippen molar-refractivity contribution in [3.63, 3.8) is 0 Å².